The third-order valence-corrected chi connectivity index (χ3v) is 5.85. The molecule has 0 bridgehead atoms. The Morgan fingerprint density at radius 3 is 2.29 bits per heavy atom. The summed E-state index contributed by atoms with van der Waals surface area (Å²) in [6.07, 6.45) is 0. The first-order chi connectivity index (χ1) is 16.6. The number of ketones is 1. The molecule has 0 aliphatic carbocycles. The van der Waals surface area contributed by atoms with Crippen molar-refractivity contribution in [3.8, 4) is 5.75 Å². The van der Waals surface area contributed by atoms with Crippen LogP contribution in [0.4, 0.5) is 8.78 Å². The number of aliphatic carboxylic acids is 1. The maximum atomic E-state index is 12.8. The van der Waals surface area contributed by atoms with Gasteiger partial charge in [0, 0.05) is 28.4 Å². The molecule has 0 unspecified atom stereocenters. The van der Waals surface area contributed by atoms with Gasteiger partial charge >= 0.3 is 12.6 Å². The van der Waals surface area contributed by atoms with Gasteiger partial charge in [-0.05, 0) is 53.4 Å². The number of nitrogens with two attached hydrogens (primary N) is 1. The Kier molecular flexibility index (Phi) is 6.26. The number of nitrogens with zero attached hydrogens (tertiary/aromatic N) is 1. The minimum atomic E-state index is -2.98. The highest BCUT2D eigenvalue weighted by atomic mass is 19.3. The number of halogens is 2. The molecular weight excluding hydrogens is 458 g/mol. The number of fused-ring (bicyclic) bond motifs is 3. The zero-order valence-corrected chi connectivity index (χ0v) is 18.9. The standard InChI is InChI=1S/C26H22F2N2O5/c1-13(2)15-10-18(23(31)25(33)34)22-20(11-15)30(19-8-4-7-17(21(19)22)24(29)32)12-14-5-3-6-16(9-14)35-26(27)28/h3-11,13,26H,12H2,1-2H3,(H2,29,32)(H,33,34). The van der Waals surface area contributed by atoms with E-state index < -0.39 is 24.3 Å². The highest BCUT2D eigenvalue weighted by Gasteiger charge is 2.26. The highest BCUT2D eigenvalue weighted by Crippen LogP contribution is 2.37. The molecule has 0 aliphatic rings. The first-order valence-corrected chi connectivity index (χ1v) is 10.8. The maximum absolute atomic E-state index is 12.8. The quantitative estimate of drug-likeness (QED) is 0.274. The number of hydrogen-bond acceptors (Lipinski definition) is 4. The van der Waals surface area contributed by atoms with E-state index in [0.717, 1.165) is 5.56 Å². The third-order valence-electron chi connectivity index (χ3n) is 5.85. The van der Waals surface area contributed by atoms with Gasteiger partial charge in [-0.1, -0.05) is 32.0 Å². The summed E-state index contributed by atoms with van der Waals surface area (Å²) in [5, 5.41) is 10.2. The second kappa shape index (κ2) is 9.17. The van der Waals surface area contributed by atoms with Crippen molar-refractivity contribution in [3.63, 3.8) is 0 Å². The molecule has 1 heterocycles. The summed E-state index contributed by atoms with van der Waals surface area (Å²) in [6.45, 7) is 1.01. The molecule has 3 N–H and O–H groups in total. The predicted molar refractivity (Wildman–Crippen MR) is 126 cm³/mol. The lowest BCUT2D eigenvalue weighted by Gasteiger charge is -2.13. The lowest BCUT2D eigenvalue weighted by Crippen LogP contribution is -2.14. The number of primary amides is 1. The topological polar surface area (TPSA) is 112 Å². The van der Waals surface area contributed by atoms with Crippen molar-refractivity contribution >= 4 is 39.5 Å². The van der Waals surface area contributed by atoms with E-state index in [0.29, 0.717) is 27.4 Å². The monoisotopic (exact) mass is 480 g/mol. The van der Waals surface area contributed by atoms with Crippen LogP contribution >= 0.6 is 0 Å². The minimum Gasteiger partial charge on any atom is -0.475 e. The van der Waals surface area contributed by atoms with Crippen LogP contribution in [-0.4, -0.2) is 33.9 Å². The van der Waals surface area contributed by atoms with Crippen LogP contribution in [0.15, 0.2) is 54.6 Å². The Bertz CT molecular complexity index is 1490. The molecule has 4 aromatic rings. The fourth-order valence-corrected chi connectivity index (χ4v) is 4.29. The highest BCUT2D eigenvalue weighted by molar-refractivity contribution is 6.43. The van der Waals surface area contributed by atoms with E-state index in [1.807, 2.05) is 24.5 Å². The molecule has 35 heavy (non-hydrogen) atoms. The molecule has 7 nitrogen and oxygen atoms in total. The Morgan fingerprint density at radius 1 is 0.971 bits per heavy atom. The molecule has 0 atom stereocenters. The van der Waals surface area contributed by atoms with Crippen LogP contribution in [0.25, 0.3) is 21.8 Å². The number of amides is 1. The first-order valence-electron chi connectivity index (χ1n) is 10.8. The molecule has 0 saturated heterocycles. The van der Waals surface area contributed by atoms with Gasteiger partial charge in [-0.15, -0.1) is 0 Å². The van der Waals surface area contributed by atoms with Crippen LogP contribution in [0.1, 0.15) is 51.6 Å². The summed E-state index contributed by atoms with van der Waals surface area (Å²) in [5.74, 6) is -3.52. The maximum Gasteiger partial charge on any atom is 0.387 e. The number of ether oxygens (including phenoxy) is 1. The third kappa shape index (κ3) is 4.44. The Balaban J connectivity index is 2.08. The molecule has 1 aromatic heterocycles. The molecule has 0 radical (unpaired) electrons. The molecule has 0 aliphatic heterocycles. The minimum absolute atomic E-state index is 0.0132. The molecule has 3 aromatic carbocycles. The number of benzene rings is 3. The van der Waals surface area contributed by atoms with E-state index in [4.69, 9.17) is 5.73 Å². The molecule has 1 amide bonds. The second-order valence-electron chi connectivity index (χ2n) is 8.43. The average Bonchev–Trinajstić information content (AvgIpc) is 3.11. The number of carboxylic acids is 1. The summed E-state index contributed by atoms with van der Waals surface area (Å²) < 4.78 is 31.8. The summed E-state index contributed by atoms with van der Waals surface area (Å²) >= 11 is 0. The SMILES string of the molecule is CC(C)c1cc(C(=O)C(=O)O)c2c3c(C(N)=O)cccc3n(Cc3cccc(OC(F)F)c3)c2c1. The zero-order valence-electron chi connectivity index (χ0n) is 18.9. The number of carboxylic acid groups (broad SMARTS) is 1. The van der Waals surface area contributed by atoms with Crippen molar-refractivity contribution < 1.29 is 33.0 Å². The van der Waals surface area contributed by atoms with Gasteiger partial charge in [0.15, 0.2) is 0 Å². The van der Waals surface area contributed by atoms with Crippen LogP contribution < -0.4 is 10.5 Å². The van der Waals surface area contributed by atoms with E-state index >= 15 is 0 Å². The summed E-state index contributed by atoms with van der Waals surface area (Å²) in [6, 6.07) is 14.4. The summed E-state index contributed by atoms with van der Waals surface area (Å²) in [5.41, 5.74) is 8.11. The number of carbonyl (C=O) groups is 3. The molecule has 0 saturated carbocycles. The van der Waals surface area contributed by atoms with Crippen LogP contribution in [0.5, 0.6) is 5.75 Å². The number of hydrogen-bond donors (Lipinski definition) is 2. The van der Waals surface area contributed by atoms with Crippen molar-refractivity contribution in [2.75, 3.05) is 0 Å². The molecular formula is C26H22F2N2O5. The number of carbonyl (C=O) groups excluding carboxylic acids is 2. The fourth-order valence-electron chi connectivity index (χ4n) is 4.29. The van der Waals surface area contributed by atoms with E-state index in [-0.39, 0.29) is 29.3 Å². The fraction of sp³-hybridized carbons (Fsp3) is 0.192. The van der Waals surface area contributed by atoms with Gasteiger partial charge < -0.3 is 20.1 Å². The van der Waals surface area contributed by atoms with Crippen molar-refractivity contribution in [3.05, 3.63) is 76.9 Å². The Morgan fingerprint density at radius 2 is 1.66 bits per heavy atom. The zero-order chi connectivity index (χ0) is 25.4. The van der Waals surface area contributed by atoms with E-state index in [2.05, 4.69) is 4.74 Å². The molecule has 0 spiro atoms. The number of aromatic nitrogens is 1. The van der Waals surface area contributed by atoms with Gasteiger partial charge in [-0.3, -0.25) is 9.59 Å². The number of alkyl halides is 2. The van der Waals surface area contributed by atoms with Crippen LogP contribution in [0, 0.1) is 0 Å². The van der Waals surface area contributed by atoms with Crippen molar-refractivity contribution in [2.45, 2.75) is 32.9 Å². The summed E-state index contributed by atoms with van der Waals surface area (Å²) in [7, 11) is 0. The van der Waals surface area contributed by atoms with E-state index in [1.54, 1.807) is 24.3 Å². The first kappa shape index (κ1) is 23.9. The van der Waals surface area contributed by atoms with Crippen molar-refractivity contribution in [2.24, 2.45) is 5.73 Å². The largest absolute Gasteiger partial charge is 0.475 e. The average molecular weight is 480 g/mol. The lowest BCUT2D eigenvalue weighted by atomic mass is 9.94. The molecule has 9 heteroatoms. The van der Waals surface area contributed by atoms with Crippen molar-refractivity contribution in [1.29, 1.82) is 0 Å². The van der Waals surface area contributed by atoms with E-state index in [1.165, 1.54) is 24.3 Å². The predicted octanol–water partition coefficient (Wildman–Crippen LogP) is 4.93. The summed E-state index contributed by atoms with van der Waals surface area (Å²) in [4.78, 5) is 36.7. The van der Waals surface area contributed by atoms with Crippen LogP contribution in [0.3, 0.4) is 0 Å². The number of Topliss-reactive ketones (excluding diaryl/α,β-unsaturated/α-hetero) is 1. The van der Waals surface area contributed by atoms with Crippen LogP contribution in [0.2, 0.25) is 0 Å². The number of rotatable bonds is 8. The molecule has 180 valence electrons. The van der Waals surface area contributed by atoms with E-state index in [9.17, 15) is 28.3 Å². The lowest BCUT2D eigenvalue weighted by molar-refractivity contribution is -0.131. The van der Waals surface area contributed by atoms with Gasteiger partial charge in [0.2, 0.25) is 5.91 Å². The second-order valence-corrected chi connectivity index (χ2v) is 8.43. The van der Waals surface area contributed by atoms with Gasteiger partial charge in [-0.2, -0.15) is 8.78 Å². The van der Waals surface area contributed by atoms with Crippen molar-refractivity contribution in [1.82, 2.24) is 4.57 Å². The molecule has 4 rings (SSSR count). The van der Waals surface area contributed by atoms with Gasteiger partial charge in [0.1, 0.15) is 5.75 Å². The Labute approximate surface area is 198 Å². The Hall–Kier alpha value is -4.27. The van der Waals surface area contributed by atoms with Gasteiger partial charge in [0.05, 0.1) is 11.0 Å². The van der Waals surface area contributed by atoms with Gasteiger partial charge in [0.25, 0.3) is 5.78 Å². The van der Waals surface area contributed by atoms with Gasteiger partial charge in [-0.25, -0.2) is 4.79 Å². The smallest absolute Gasteiger partial charge is 0.387 e. The van der Waals surface area contributed by atoms with Crippen LogP contribution in [-0.2, 0) is 11.3 Å². The molecule has 0 fully saturated rings. The normalized spacial score (nSPS) is 11.5.